The van der Waals surface area contributed by atoms with Gasteiger partial charge in [0.2, 0.25) is 0 Å². The standard InChI is InChI=1S/C22H26N2O2/c1-15-3-7-17(8-4-15)21(25)23-19-11-13-20(14-12-19)24-22(26)18-9-5-16(2)6-10-18/h3-10,19-20H,11-14H2,1-2H3,(H,23,25)(H,24,26). The minimum absolute atomic E-state index is 0.0165. The molecule has 26 heavy (non-hydrogen) atoms. The van der Waals surface area contributed by atoms with E-state index in [4.69, 9.17) is 0 Å². The van der Waals surface area contributed by atoms with Gasteiger partial charge in [0.1, 0.15) is 0 Å². The SMILES string of the molecule is Cc1ccc(C(=O)NC2CCC(NC(=O)c3ccc(C)cc3)CC2)cc1. The molecular formula is C22H26N2O2. The van der Waals surface area contributed by atoms with Crippen LogP contribution in [-0.4, -0.2) is 23.9 Å². The van der Waals surface area contributed by atoms with Crippen molar-refractivity contribution in [2.75, 3.05) is 0 Å². The largest absolute Gasteiger partial charge is 0.349 e. The minimum atomic E-state index is -0.0165. The molecule has 0 atom stereocenters. The zero-order chi connectivity index (χ0) is 18.5. The maximum absolute atomic E-state index is 12.3. The summed E-state index contributed by atoms with van der Waals surface area (Å²) in [5, 5.41) is 6.23. The van der Waals surface area contributed by atoms with Crippen molar-refractivity contribution >= 4 is 11.8 Å². The van der Waals surface area contributed by atoms with Crippen molar-refractivity contribution in [3.63, 3.8) is 0 Å². The second-order valence-corrected chi connectivity index (χ2v) is 7.23. The topological polar surface area (TPSA) is 58.2 Å². The molecule has 0 aliphatic heterocycles. The van der Waals surface area contributed by atoms with Crippen LogP contribution in [0.2, 0.25) is 0 Å². The molecule has 4 heteroatoms. The predicted octanol–water partition coefficient (Wildman–Crippen LogP) is 3.77. The van der Waals surface area contributed by atoms with Gasteiger partial charge in [-0.15, -0.1) is 0 Å². The Labute approximate surface area is 155 Å². The van der Waals surface area contributed by atoms with Crippen molar-refractivity contribution in [1.82, 2.24) is 10.6 Å². The van der Waals surface area contributed by atoms with Crippen LogP contribution in [0.3, 0.4) is 0 Å². The van der Waals surface area contributed by atoms with Gasteiger partial charge in [0.25, 0.3) is 11.8 Å². The van der Waals surface area contributed by atoms with E-state index >= 15 is 0 Å². The summed E-state index contributed by atoms with van der Waals surface area (Å²) in [4.78, 5) is 24.6. The molecule has 3 rings (SSSR count). The highest BCUT2D eigenvalue weighted by Gasteiger charge is 2.24. The second-order valence-electron chi connectivity index (χ2n) is 7.23. The number of carbonyl (C=O) groups excluding carboxylic acids is 2. The van der Waals surface area contributed by atoms with Crippen molar-refractivity contribution < 1.29 is 9.59 Å². The number of rotatable bonds is 4. The van der Waals surface area contributed by atoms with E-state index in [2.05, 4.69) is 10.6 Å². The highest BCUT2D eigenvalue weighted by molar-refractivity contribution is 5.95. The van der Waals surface area contributed by atoms with Crippen LogP contribution in [-0.2, 0) is 0 Å². The van der Waals surface area contributed by atoms with Crippen molar-refractivity contribution in [3.8, 4) is 0 Å². The molecular weight excluding hydrogens is 324 g/mol. The van der Waals surface area contributed by atoms with Gasteiger partial charge in [-0.3, -0.25) is 9.59 Å². The summed E-state index contributed by atoms with van der Waals surface area (Å²) in [7, 11) is 0. The first kappa shape index (κ1) is 18.2. The van der Waals surface area contributed by atoms with Gasteiger partial charge >= 0.3 is 0 Å². The first-order valence-electron chi connectivity index (χ1n) is 9.26. The summed E-state index contributed by atoms with van der Waals surface area (Å²) in [5.74, 6) is -0.0331. The average molecular weight is 350 g/mol. The van der Waals surface area contributed by atoms with Crippen LogP contribution in [0.1, 0.15) is 57.5 Å². The van der Waals surface area contributed by atoms with Gasteiger partial charge in [-0.1, -0.05) is 35.4 Å². The van der Waals surface area contributed by atoms with E-state index in [0.29, 0.717) is 11.1 Å². The normalized spacial score (nSPS) is 19.6. The number of benzene rings is 2. The molecule has 2 N–H and O–H groups in total. The van der Waals surface area contributed by atoms with Crippen LogP contribution in [0.25, 0.3) is 0 Å². The van der Waals surface area contributed by atoms with Gasteiger partial charge in [0.15, 0.2) is 0 Å². The van der Waals surface area contributed by atoms with E-state index in [0.717, 1.165) is 36.8 Å². The molecule has 0 saturated heterocycles. The van der Waals surface area contributed by atoms with Gasteiger partial charge in [-0.2, -0.15) is 0 Å². The Kier molecular flexibility index (Phi) is 5.71. The number of carbonyl (C=O) groups is 2. The van der Waals surface area contributed by atoms with Crippen LogP contribution in [0.15, 0.2) is 48.5 Å². The number of nitrogens with one attached hydrogen (secondary N) is 2. The van der Waals surface area contributed by atoms with Crippen molar-refractivity contribution in [2.24, 2.45) is 0 Å². The summed E-state index contributed by atoms with van der Waals surface area (Å²) >= 11 is 0. The van der Waals surface area contributed by atoms with Crippen molar-refractivity contribution in [2.45, 2.75) is 51.6 Å². The van der Waals surface area contributed by atoms with E-state index in [9.17, 15) is 9.59 Å². The molecule has 1 saturated carbocycles. The lowest BCUT2D eigenvalue weighted by Crippen LogP contribution is -2.43. The monoisotopic (exact) mass is 350 g/mol. The summed E-state index contributed by atoms with van der Waals surface area (Å²) < 4.78 is 0. The Bertz CT molecular complexity index is 690. The first-order chi connectivity index (χ1) is 12.5. The Morgan fingerprint density at radius 1 is 0.654 bits per heavy atom. The highest BCUT2D eigenvalue weighted by atomic mass is 16.2. The Hall–Kier alpha value is -2.62. The van der Waals surface area contributed by atoms with Crippen LogP contribution in [0.5, 0.6) is 0 Å². The molecule has 136 valence electrons. The molecule has 4 nitrogen and oxygen atoms in total. The smallest absolute Gasteiger partial charge is 0.251 e. The summed E-state index contributed by atoms with van der Waals surface area (Å²) in [6, 6.07) is 15.6. The molecule has 0 spiro atoms. The third kappa shape index (κ3) is 4.72. The van der Waals surface area contributed by atoms with Gasteiger partial charge in [-0.05, 0) is 63.8 Å². The fraction of sp³-hybridized carbons (Fsp3) is 0.364. The van der Waals surface area contributed by atoms with Crippen LogP contribution < -0.4 is 10.6 Å². The Morgan fingerprint density at radius 3 is 1.27 bits per heavy atom. The minimum Gasteiger partial charge on any atom is -0.349 e. The summed E-state index contributed by atoms with van der Waals surface area (Å²) in [5.41, 5.74) is 3.69. The maximum Gasteiger partial charge on any atom is 0.251 e. The predicted molar refractivity (Wildman–Crippen MR) is 103 cm³/mol. The number of hydrogen-bond acceptors (Lipinski definition) is 2. The van der Waals surface area contributed by atoms with E-state index in [1.165, 1.54) is 0 Å². The number of hydrogen-bond donors (Lipinski definition) is 2. The van der Waals surface area contributed by atoms with Gasteiger partial charge < -0.3 is 10.6 Å². The molecule has 0 bridgehead atoms. The number of aryl methyl sites for hydroxylation is 2. The first-order valence-corrected chi connectivity index (χ1v) is 9.26. The lowest BCUT2D eigenvalue weighted by Gasteiger charge is -2.29. The maximum atomic E-state index is 12.3. The lowest BCUT2D eigenvalue weighted by atomic mass is 9.90. The molecule has 0 unspecified atom stereocenters. The zero-order valence-electron chi connectivity index (χ0n) is 15.4. The molecule has 2 amide bonds. The van der Waals surface area contributed by atoms with Crippen LogP contribution in [0, 0.1) is 13.8 Å². The summed E-state index contributed by atoms with van der Waals surface area (Å²) in [6.07, 6.45) is 3.54. The van der Waals surface area contributed by atoms with Gasteiger partial charge in [0.05, 0.1) is 0 Å². The molecule has 1 aliphatic rings. The molecule has 1 aliphatic carbocycles. The Balaban J connectivity index is 1.46. The quantitative estimate of drug-likeness (QED) is 0.882. The van der Waals surface area contributed by atoms with Crippen molar-refractivity contribution in [1.29, 1.82) is 0 Å². The van der Waals surface area contributed by atoms with E-state index in [-0.39, 0.29) is 23.9 Å². The van der Waals surface area contributed by atoms with Crippen molar-refractivity contribution in [3.05, 3.63) is 70.8 Å². The van der Waals surface area contributed by atoms with Gasteiger partial charge in [0, 0.05) is 23.2 Å². The molecule has 0 aromatic heterocycles. The fourth-order valence-corrected chi connectivity index (χ4v) is 3.33. The zero-order valence-corrected chi connectivity index (χ0v) is 15.4. The highest BCUT2D eigenvalue weighted by Crippen LogP contribution is 2.20. The molecule has 2 aromatic carbocycles. The van der Waals surface area contributed by atoms with E-state index < -0.39 is 0 Å². The second kappa shape index (κ2) is 8.17. The fourth-order valence-electron chi connectivity index (χ4n) is 3.33. The lowest BCUT2D eigenvalue weighted by molar-refractivity contribution is 0.0892. The summed E-state index contributed by atoms with van der Waals surface area (Å²) in [6.45, 7) is 4.02. The number of amides is 2. The third-order valence-electron chi connectivity index (χ3n) is 5.03. The molecule has 0 radical (unpaired) electrons. The average Bonchev–Trinajstić information content (AvgIpc) is 2.64. The van der Waals surface area contributed by atoms with Gasteiger partial charge in [-0.25, -0.2) is 0 Å². The van der Waals surface area contributed by atoms with Crippen LogP contribution in [0.4, 0.5) is 0 Å². The van der Waals surface area contributed by atoms with E-state index in [1.54, 1.807) is 0 Å². The van der Waals surface area contributed by atoms with Crippen LogP contribution >= 0.6 is 0 Å². The molecule has 0 heterocycles. The van der Waals surface area contributed by atoms with E-state index in [1.807, 2.05) is 62.4 Å². The molecule has 1 fully saturated rings. The Morgan fingerprint density at radius 2 is 0.962 bits per heavy atom. The third-order valence-corrected chi connectivity index (χ3v) is 5.03. The molecule has 2 aromatic rings.